The van der Waals surface area contributed by atoms with E-state index in [1.807, 2.05) is 31.2 Å². The van der Waals surface area contributed by atoms with Crippen molar-refractivity contribution in [3.63, 3.8) is 0 Å². The largest absolute Gasteiger partial charge is 0.444 e. The van der Waals surface area contributed by atoms with Gasteiger partial charge in [-0.2, -0.15) is 0 Å². The lowest BCUT2D eigenvalue weighted by molar-refractivity contribution is -0.120. The second-order valence-electron chi connectivity index (χ2n) is 14.5. The first-order chi connectivity index (χ1) is 24.6. The standard InChI is InChI=1S/C39H46N8O6/c1-22-30-16-14-26(19-27(30)17-18-40-22)13-15-29-20-28(21-31(43-29)44-35(49)23(2)46(11)36(50)52-38(5,6)7)33-32(24(3)48)34(42-25(4)41-33)45-47(12)37(51)53-39(8,9)10/h14,16-21,23H,1-12H3,(H,41,42,45)(H,43,44,49). The molecule has 4 rings (SSSR count). The van der Waals surface area contributed by atoms with Crippen LogP contribution in [0.2, 0.25) is 0 Å². The predicted molar refractivity (Wildman–Crippen MR) is 202 cm³/mol. The minimum Gasteiger partial charge on any atom is -0.444 e. The van der Waals surface area contributed by atoms with Gasteiger partial charge in [-0.3, -0.25) is 24.9 Å². The predicted octanol–water partition coefficient (Wildman–Crippen LogP) is 6.69. The Kier molecular flexibility index (Phi) is 11.7. The molecule has 14 heteroatoms. The Labute approximate surface area is 309 Å². The lowest BCUT2D eigenvalue weighted by atomic mass is 10.0. The number of carbonyl (C=O) groups excluding carboxylic acids is 4. The number of pyridine rings is 2. The Morgan fingerprint density at radius 3 is 2.15 bits per heavy atom. The SMILES string of the molecule is CC(=O)c1c(NN(C)C(=O)OC(C)(C)C)nc(C)nc1-c1cc(C#Cc2ccc3c(C)nccc3c2)nc(NC(=O)C(C)N(C)C(=O)OC(C)(C)C)c1. The molecule has 0 aliphatic rings. The summed E-state index contributed by atoms with van der Waals surface area (Å²) in [5, 5.41) is 5.84. The van der Waals surface area contributed by atoms with Crippen LogP contribution in [0.25, 0.3) is 22.0 Å². The van der Waals surface area contributed by atoms with Crippen molar-refractivity contribution in [3.8, 4) is 23.1 Å². The molecule has 1 atom stereocenters. The van der Waals surface area contributed by atoms with Gasteiger partial charge >= 0.3 is 12.2 Å². The van der Waals surface area contributed by atoms with Crippen molar-refractivity contribution in [2.24, 2.45) is 0 Å². The summed E-state index contributed by atoms with van der Waals surface area (Å²) in [6, 6.07) is 9.92. The van der Waals surface area contributed by atoms with Gasteiger partial charge in [-0.05, 0) is 111 Å². The van der Waals surface area contributed by atoms with Crippen LogP contribution in [-0.2, 0) is 14.3 Å². The number of hydrogen-bond acceptors (Lipinski definition) is 11. The van der Waals surface area contributed by atoms with Gasteiger partial charge in [-0.1, -0.05) is 12.0 Å². The van der Waals surface area contributed by atoms with Gasteiger partial charge in [0.1, 0.15) is 34.6 Å². The fourth-order valence-corrected chi connectivity index (χ4v) is 4.97. The van der Waals surface area contributed by atoms with Crippen LogP contribution in [0.5, 0.6) is 0 Å². The number of nitrogens with one attached hydrogen (secondary N) is 2. The molecule has 14 nitrogen and oxygen atoms in total. The maximum atomic E-state index is 13.5. The van der Waals surface area contributed by atoms with Gasteiger partial charge in [0, 0.05) is 42.5 Å². The Hall–Kier alpha value is -6.10. The van der Waals surface area contributed by atoms with Crippen LogP contribution in [0.3, 0.4) is 0 Å². The highest BCUT2D eigenvalue weighted by molar-refractivity contribution is 6.05. The summed E-state index contributed by atoms with van der Waals surface area (Å²) in [6.07, 6.45) is 0.372. The molecular formula is C39H46N8O6. The van der Waals surface area contributed by atoms with Gasteiger partial charge < -0.3 is 14.8 Å². The third-order valence-electron chi connectivity index (χ3n) is 7.60. The number of hydrazine groups is 1. The number of anilines is 2. The number of aromatic nitrogens is 4. The molecule has 0 radical (unpaired) electrons. The molecule has 0 bridgehead atoms. The number of aryl methyl sites for hydroxylation is 2. The number of carbonyl (C=O) groups is 4. The fourth-order valence-electron chi connectivity index (χ4n) is 4.97. The molecule has 0 aliphatic carbocycles. The fraction of sp³-hybridized carbons (Fsp3) is 0.385. The molecule has 3 amide bonds. The van der Waals surface area contributed by atoms with Crippen molar-refractivity contribution in [1.29, 1.82) is 0 Å². The molecule has 3 aromatic heterocycles. The van der Waals surface area contributed by atoms with E-state index in [1.54, 1.807) is 73.7 Å². The second kappa shape index (κ2) is 15.6. The van der Waals surface area contributed by atoms with Gasteiger partial charge in [0.2, 0.25) is 5.91 Å². The van der Waals surface area contributed by atoms with Crippen molar-refractivity contribution in [1.82, 2.24) is 29.8 Å². The Bertz CT molecular complexity index is 2140. The maximum Gasteiger partial charge on any atom is 0.428 e. The molecule has 2 N–H and O–H groups in total. The number of benzene rings is 1. The van der Waals surface area contributed by atoms with Crippen LogP contribution in [0.1, 0.15) is 88.5 Å². The molecule has 4 aromatic rings. The number of nitrogens with zero attached hydrogens (tertiary/aromatic N) is 6. The number of Topliss-reactive ketones (excluding diaryl/α,β-unsaturated/α-hetero) is 1. The molecule has 1 aromatic carbocycles. The summed E-state index contributed by atoms with van der Waals surface area (Å²) in [4.78, 5) is 71.4. The third-order valence-corrected chi connectivity index (χ3v) is 7.60. The molecule has 0 aliphatic heterocycles. The summed E-state index contributed by atoms with van der Waals surface area (Å²) < 4.78 is 10.9. The summed E-state index contributed by atoms with van der Waals surface area (Å²) >= 11 is 0. The molecule has 0 spiro atoms. The van der Waals surface area contributed by atoms with E-state index in [4.69, 9.17) is 9.47 Å². The first-order valence-corrected chi connectivity index (χ1v) is 16.9. The Morgan fingerprint density at radius 2 is 1.51 bits per heavy atom. The average molecular weight is 723 g/mol. The van der Waals surface area contributed by atoms with E-state index < -0.39 is 41.1 Å². The quantitative estimate of drug-likeness (QED) is 0.118. The normalized spacial score (nSPS) is 11.8. The smallest absolute Gasteiger partial charge is 0.428 e. The lowest BCUT2D eigenvalue weighted by Gasteiger charge is -2.28. The molecule has 1 unspecified atom stereocenters. The number of ketones is 1. The summed E-state index contributed by atoms with van der Waals surface area (Å²) in [6.45, 7) is 16.9. The number of amides is 3. The van der Waals surface area contributed by atoms with E-state index in [2.05, 4.69) is 42.5 Å². The van der Waals surface area contributed by atoms with E-state index >= 15 is 0 Å². The third kappa shape index (κ3) is 10.5. The van der Waals surface area contributed by atoms with Crippen molar-refractivity contribution in [2.45, 2.75) is 86.5 Å². The van der Waals surface area contributed by atoms with Crippen molar-refractivity contribution in [2.75, 3.05) is 24.8 Å². The first kappa shape index (κ1) is 39.7. The summed E-state index contributed by atoms with van der Waals surface area (Å²) in [5.74, 6) is 5.72. The van der Waals surface area contributed by atoms with Gasteiger partial charge in [0.25, 0.3) is 0 Å². The average Bonchev–Trinajstić information content (AvgIpc) is 3.04. The molecule has 0 saturated heterocycles. The van der Waals surface area contributed by atoms with Crippen LogP contribution in [0.4, 0.5) is 21.2 Å². The monoisotopic (exact) mass is 722 g/mol. The zero-order valence-corrected chi connectivity index (χ0v) is 32.3. The van der Waals surface area contributed by atoms with Crippen molar-refractivity contribution < 1.29 is 28.7 Å². The van der Waals surface area contributed by atoms with Crippen LogP contribution in [0.15, 0.2) is 42.6 Å². The van der Waals surface area contributed by atoms with E-state index in [1.165, 1.54) is 25.9 Å². The van der Waals surface area contributed by atoms with Crippen LogP contribution in [0, 0.1) is 25.7 Å². The zero-order valence-electron chi connectivity index (χ0n) is 32.3. The highest BCUT2D eigenvalue weighted by Gasteiger charge is 2.28. The van der Waals surface area contributed by atoms with E-state index in [0.717, 1.165) is 21.5 Å². The van der Waals surface area contributed by atoms with Crippen molar-refractivity contribution >= 4 is 46.3 Å². The van der Waals surface area contributed by atoms with Crippen molar-refractivity contribution in [3.05, 3.63) is 70.9 Å². The topological polar surface area (TPSA) is 169 Å². The molecule has 0 fully saturated rings. The van der Waals surface area contributed by atoms with Gasteiger partial charge in [-0.25, -0.2) is 29.5 Å². The number of rotatable bonds is 7. The van der Waals surface area contributed by atoms with E-state index in [0.29, 0.717) is 11.1 Å². The molecule has 0 saturated carbocycles. The maximum absolute atomic E-state index is 13.5. The Morgan fingerprint density at radius 1 is 0.849 bits per heavy atom. The zero-order chi connectivity index (χ0) is 39.4. The number of ether oxygens (including phenoxy) is 2. The number of fused-ring (bicyclic) bond motifs is 1. The van der Waals surface area contributed by atoms with Crippen LogP contribution < -0.4 is 10.7 Å². The highest BCUT2D eigenvalue weighted by Crippen LogP contribution is 2.30. The number of likely N-dealkylation sites (N-methyl/N-ethyl adjacent to an activating group) is 1. The summed E-state index contributed by atoms with van der Waals surface area (Å²) in [7, 11) is 2.91. The second-order valence-corrected chi connectivity index (χ2v) is 14.5. The lowest BCUT2D eigenvalue weighted by Crippen LogP contribution is -2.45. The minimum atomic E-state index is -0.950. The summed E-state index contributed by atoms with van der Waals surface area (Å²) in [5.41, 5.74) is 3.87. The molecule has 3 heterocycles. The molecule has 53 heavy (non-hydrogen) atoms. The van der Waals surface area contributed by atoms with Crippen LogP contribution >= 0.6 is 0 Å². The number of hydrogen-bond donors (Lipinski definition) is 2. The van der Waals surface area contributed by atoms with E-state index in [9.17, 15) is 19.2 Å². The Balaban J connectivity index is 1.82. The van der Waals surface area contributed by atoms with Crippen LogP contribution in [-0.4, -0.2) is 85.1 Å². The van der Waals surface area contributed by atoms with Gasteiger partial charge in [0.15, 0.2) is 11.6 Å². The van der Waals surface area contributed by atoms with Gasteiger partial charge in [-0.15, -0.1) is 0 Å². The molecule has 278 valence electrons. The van der Waals surface area contributed by atoms with E-state index in [-0.39, 0.29) is 34.4 Å². The first-order valence-electron chi connectivity index (χ1n) is 16.9. The molecular weight excluding hydrogens is 676 g/mol. The van der Waals surface area contributed by atoms with Gasteiger partial charge in [0.05, 0.1) is 11.3 Å². The minimum absolute atomic E-state index is 0.0666. The highest BCUT2D eigenvalue weighted by atomic mass is 16.6.